The Labute approximate surface area is 335 Å². The number of halogens is 1. The number of fused-ring (bicyclic) bond motifs is 7. The molecule has 4 aromatic heterocycles. The van der Waals surface area contributed by atoms with Gasteiger partial charge in [0.2, 0.25) is 0 Å². The Morgan fingerprint density at radius 3 is 2.28 bits per heavy atom. The first-order valence-corrected chi connectivity index (χ1v) is 21.0. The van der Waals surface area contributed by atoms with Crippen LogP contribution in [-0.2, 0) is 20.1 Å². The quantitative estimate of drug-likeness (QED) is 0.128. The van der Waals surface area contributed by atoms with Crippen molar-refractivity contribution in [1.29, 1.82) is 0 Å². The predicted octanol–water partition coefficient (Wildman–Crippen LogP) is 12.7. The summed E-state index contributed by atoms with van der Waals surface area (Å²) in [5, 5.41) is 4.11. The van der Waals surface area contributed by atoms with Gasteiger partial charge in [-0.2, -0.15) is 0 Å². The number of benzene rings is 5. The van der Waals surface area contributed by atoms with Gasteiger partial charge in [0.1, 0.15) is 11.4 Å². The van der Waals surface area contributed by atoms with Gasteiger partial charge in [0, 0.05) is 54.1 Å². The molecule has 0 aliphatic carbocycles. The molecule has 0 fully saturated rings. The topological polar surface area (TPSA) is 52.1 Å². The van der Waals surface area contributed by atoms with Gasteiger partial charge in [-0.3, -0.25) is 0 Å². The number of aryl methyl sites for hydroxylation is 1. The molecule has 4 heterocycles. The first-order valence-electron chi connectivity index (χ1n) is 19.5. The molecule has 0 atom stereocenters. The maximum atomic E-state index is 13.9. The van der Waals surface area contributed by atoms with Crippen LogP contribution in [0, 0.1) is 24.8 Å². The van der Waals surface area contributed by atoms with Crippen LogP contribution in [0.2, 0.25) is 19.6 Å². The summed E-state index contributed by atoms with van der Waals surface area (Å²) in [7, 11) is -1.57. The number of nitrogens with zero attached hydrogens (tertiary/aromatic N) is 2. The standard InChI is InChI=1S/C24H13FNO2.C23H26NSi.Ir/c1-13-6-7-17(19-12-14(25)10-11-26-19)22-21(13)18-9-8-16-15-4-2-3-5-20(15)27-23(16)24(18)28-22;1-17(2)21-15-22(24-16-23(21)25(3,4)5)20-13-9-12-19(14-20)18-10-7-6-8-11-18;/h2-6,8-12H,1H3;6-12,14-17H,1-5H3;/q2*-1;/i1D3;17D;. The first-order chi connectivity index (χ1) is 27.1. The van der Waals surface area contributed by atoms with Crippen molar-refractivity contribution in [3.63, 3.8) is 0 Å². The molecule has 0 saturated carbocycles. The molecule has 0 saturated heterocycles. The zero-order chi connectivity index (χ0) is 40.3. The van der Waals surface area contributed by atoms with Crippen molar-refractivity contribution in [2.24, 2.45) is 0 Å². The zero-order valence-electron chi connectivity index (χ0n) is 34.5. The molecule has 54 heavy (non-hydrogen) atoms. The van der Waals surface area contributed by atoms with E-state index in [9.17, 15) is 4.39 Å². The number of furan rings is 2. The minimum absolute atomic E-state index is 0. The van der Waals surface area contributed by atoms with Crippen LogP contribution in [0.5, 0.6) is 0 Å². The van der Waals surface area contributed by atoms with Gasteiger partial charge in [0.05, 0.1) is 13.7 Å². The third kappa shape index (κ3) is 6.95. The van der Waals surface area contributed by atoms with Gasteiger partial charge in [-0.1, -0.05) is 118 Å². The van der Waals surface area contributed by atoms with Crippen LogP contribution >= 0.6 is 0 Å². The molecule has 7 heteroatoms. The van der Waals surface area contributed by atoms with Gasteiger partial charge in [0.25, 0.3) is 0 Å². The molecule has 0 aliphatic heterocycles. The van der Waals surface area contributed by atoms with E-state index in [0.717, 1.165) is 33.2 Å². The Bertz CT molecular complexity index is 2950. The van der Waals surface area contributed by atoms with Gasteiger partial charge in [-0.25, -0.2) is 4.39 Å². The van der Waals surface area contributed by atoms with E-state index in [-0.39, 0.29) is 31.3 Å². The molecule has 0 aliphatic rings. The fraction of sp³-hybridized carbons (Fsp3) is 0.149. The summed E-state index contributed by atoms with van der Waals surface area (Å²) in [6.07, 6.45) is 3.35. The molecule has 4 nitrogen and oxygen atoms in total. The van der Waals surface area contributed by atoms with Gasteiger partial charge in [0.15, 0.2) is 11.2 Å². The number of hydrogen-bond acceptors (Lipinski definition) is 4. The average Bonchev–Trinajstić information content (AvgIpc) is 3.76. The fourth-order valence-corrected chi connectivity index (χ4v) is 8.42. The Balaban J connectivity index is 0.000000177. The molecule has 9 aromatic rings. The van der Waals surface area contributed by atoms with Gasteiger partial charge >= 0.3 is 0 Å². The Hall–Kier alpha value is -5.20. The maximum absolute atomic E-state index is 13.9. The van der Waals surface area contributed by atoms with E-state index in [4.69, 9.17) is 19.3 Å². The number of aromatic nitrogens is 2. The van der Waals surface area contributed by atoms with E-state index in [0.29, 0.717) is 38.8 Å². The van der Waals surface area contributed by atoms with Gasteiger partial charge < -0.3 is 18.8 Å². The van der Waals surface area contributed by atoms with Crippen LogP contribution in [0.1, 0.15) is 36.4 Å². The van der Waals surface area contributed by atoms with Crippen molar-refractivity contribution in [1.82, 2.24) is 9.97 Å². The summed E-state index contributed by atoms with van der Waals surface area (Å²) in [5.74, 6) is -1.10. The average molecular weight is 907 g/mol. The molecule has 5 aromatic carbocycles. The number of para-hydroxylation sites is 1. The van der Waals surface area contributed by atoms with Crippen molar-refractivity contribution >= 4 is 57.1 Å². The second kappa shape index (κ2) is 14.9. The van der Waals surface area contributed by atoms with Crippen molar-refractivity contribution in [3.8, 4) is 33.6 Å². The summed E-state index contributed by atoms with van der Waals surface area (Å²) in [5.41, 5.74) is 8.05. The number of hydrogen-bond donors (Lipinski definition) is 0. The van der Waals surface area contributed by atoms with E-state index in [1.54, 1.807) is 0 Å². The van der Waals surface area contributed by atoms with Crippen LogP contribution in [0.4, 0.5) is 4.39 Å². The Kier molecular flexibility index (Phi) is 8.90. The summed E-state index contributed by atoms with van der Waals surface area (Å²) < 4.78 is 58.8. The van der Waals surface area contributed by atoms with Crippen molar-refractivity contribution in [3.05, 3.63) is 151 Å². The molecule has 0 spiro atoms. The molecule has 271 valence electrons. The predicted molar refractivity (Wildman–Crippen MR) is 219 cm³/mol. The van der Waals surface area contributed by atoms with Crippen LogP contribution in [-0.4, -0.2) is 18.0 Å². The van der Waals surface area contributed by atoms with E-state index in [1.165, 1.54) is 35.1 Å². The minimum Gasteiger partial charge on any atom is -0.497 e. The molecule has 0 N–H and O–H groups in total. The van der Waals surface area contributed by atoms with Crippen LogP contribution < -0.4 is 5.19 Å². The van der Waals surface area contributed by atoms with Crippen molar-refractivity contribution in [2.75, 3.05) is 0 Å². The molecule has 0 unspecified atom stereocenters. The molecular formula is C47H39FIrN2O2Si-2. The van der Waals surface area contributed by atoms with E-state index < -0.39 is 26.6 Å². The minimum atomic E-state index is -2.39. The smallest absolute Gasteiger partial charge is 0.177 e. The van der Waals surface area contributed by atoms with Crippen LogP contribution in [0.25, 0.3) is 77.5 Å². The Morgan fingerprint density at radius 2 is 1.52 bits per heavy atom. The molecule has 0 amide bonds. The van der Waals surface area contributed by atoms with E-state index in [1.807, 2.05) is 80.7 Å². The maximum Gasteiger partial charge on any atom is 0.177 e. The number of rotatable bonds is 5. The third-order valence-corrected chi connectivity index (χ3v) is 11.5. The van der Waals surface area contributed by atoms with Crippen molar-refractivity contribution in [2.45, 2.75) is 46.2 Å². The van der Waals surface area contributed by atoms with Gasteiger partial charge in [-0.15, -0.1) is 53.1 Å². The van der Waals surface area contributed by atoms with E-state index >= 15 is 0 Å². The monoisotopic (exact) mass is 907 g/mol. The second-order valence-corrected chi connectivity index (χ2v) is 19.4. The number of pyridine rings is 2. The third-order valence-electron chi connectivity index (χ3n) is 9.47. The molecule has 1 radical (unpaired) electrons. The molecular weight excluding hydrogens is 864 g/mol. The van der Waals surface area contributed by atoms with E-state index in [2.05, 4.69) is 67.1 Å². The fourth-order valence-electron chi connectivity index (χ4n) is 6.83. The largest absolute Gasteiger partial charge is 0.497 e. The summed E-state index contributed by atoms with van der Waals surface area (Å²) in [6, 6.07) is 40.2. The van der Waals surface area contributed by atoms with Crippen molar-refractivity contribution < 1.29 is 38.8 Å². The SMILES string of the molecule is [2H]C(C)(C)c1cc(-c2[c-]ccc(-c3ccccc3)c2)ncc1[Si](C)(C)C.[2H]C([2H])([2H])c1c[c-]c(-c2cc(F)ccn2)c2oc3c(ccc4c5ccccc5oc43)c12.[Ir]. The van der Waals surface area contributed by atoms with Crippen LogP contribution in [0.3, 0.4) is 0 Å². The first kappa shape index (κ1) is 32.2. The summed E-state index contributed by atoms with van der Waals surface area (Å²) in [6.45, 7) is 8.45. The summed E-state index contributed by atoms with van der Waals surface area (Å²) in [4.78, 5) is 8.97. The normalized spacial score (nSPS) is 13.1. The zero-order valence-corrected chi connectivity index (χ0v) is 33.9. The van der Waals surface area contributed by atoms with Gasteiger partial charge in [-0.05, 0) is 52.3 Å². The Morgan fingerprint density at radius 1 is 0.759 bits per heavy atom. The second-order valence-electron chi connectivity index (χ2n) is 14.4. The van der Waals surface area contributed by atoms with Crippen LogP contribution in [0.15, 0.2) is 130 Å². The molecule has 9 rings (SSSR count). The molecule has 0 bridgehead atoms. The summed E-state index contributed by atoms with van der Waals surface area (Å²) >= 11 is 0.